The zero-order valence-corrected chi connectivity index (χ0v) is 29.3. The van der Waals surface area contributed by atoms with Crippen molar-refractivity contribution in [2.45, 2.75) is 26.2 Å². The molecular formula is C38H37ClP2PdS. The number of unbranched alkanes of at least 4 members (excludes halogenated alkanes) is 2. The van der Waals surface area contributed by atoms with E-state index in [1.807, 2.05) is 0 Å². The second-order valence-corrected chi connectivity index (χ2v) is 14.6. The third-order valence-corrected chi connectivity index (χ3v) is 12.0. The summed E-state index contributed by atoms with van der Waals surface area (Å²) in [7, 11) is -0.696. The SMILES string of the molecule is CCCCC#C[S-].Clc1cc[c-]cc1.[Pd+2].c1ccc(P(CCP(c2ccccc2)c2ccccc2)c2ccccc2)cc1. The molecular weight excluding hydrogens is 692 g/mol. The molecule has 0 fully saturated rings. The second-order valence-electron chi connectivity index (χ2n) is 9.25. The normalized spacial score (nSPS) is 9.77. The fourth-order valence-electron chi connectivity index (χ4n) is 4.13. The Morgan fingerprint density at radius 2 is 0.953 bits per heavy atom. The van der Waals surface area contributed by atoms with Gasteiger partial charge < -0.3 is 12.6 Å². The standard InChI is InChI=1S/C26H24P2.C6H4Cl.C6H10S.Pd/c1-5-13-23(14-6-1)27(24-15-7-2-8-16-24)21-22-28(25-17-9-3-10-18-25)26-19-11-4-12-20-26;7-6-4-2-1-3-5-6;1-2-3-4-5-6-7;/h1-20H,21-22H2;2-5H;7H,2-4H2,1H3;/q;-1;;+2/p-1. The number of halogens is 1. The number of rotatable bonds is 9. The summed E-state index contributed by atoms with van der Waals surface area (Å²) < 4.78 is 0. The van der Waals surface area contributed by atoms with Crippen LogP contribution in [-0.2, 0) is 33.1 Å². The summed E-state index contributed by atoms with van der Waals surface area (Å²) in [6.45, 7) is 2.14. The van der Waals surface area contributed by atoms with Gasteiger partial charge in [-0.15, -0.1) is 17.5 Å². The molecule has 5 aromatic carbocycles. The predicted molar refractivity (Wildman–Crippen MR) is 193 cm³/mol. The summed E-state index contributed by atoms with van der Waals surface area (Å²) in [6.07, 6.45) is 5.78. The van der Waals surface area contributed by atoms with Gasteiger partial charge in [0.25, 0.3) is 0 Å². The molecule has 0 aliphatic carbocycles. The van der Waals surface area contributed by atoms with Gasteiger partial charge >= 0.3 is 20.4 Å². The fourth-order valence-corrected chi connectivity index (χ4v) is 9.71. The van der Waals surface area contributed by atoms with Crippen molar-refractivity contribution in [1.82, 2.24) is 0 Å². The van der Waals surface area contributed by atoms with Crippen LogP contribution in [0.4, 0.5) is 0 Å². The molecule has 0 aliphatic rings. The molecule has 5 heteroatoms. The zero-order chi connectivity index (χ0) is 29.7. The molecule has 0 heterocycles. The largest absolute Gasteiger partial charge is 2.00 e. The van der Waals surface area contributed by atoms with Crippen LogP contribution in [0.2, 0.25) is 5.02 Å². The molecule has 43 heavy (non-hydrogen) atoms. The quantitative estimate of drug-likeness (QED) is 0.0365. The summed E-state index contributed by atoms with van der Waals surface area (Å²) >= 11 is 9.92. The molecule has 0 saturated heterocycles. The Morgan fingerprint density at radius 3 is 1.21 bits per heavy atom. The van der Waals surface area contributed by atoms with Crippen LogP contribution in [-0.4, -0.2) is 12.3 Å². The van der Waals surface area contributed by atoms with Crippen molar-refractivity contribution in [3.63, 3.8) is 0 Å². The molecule has 0 spiro atoms. The fraction of sp³-hybridized carbons (Fsp3) is 0.158. The average molecular weight is 730 g/mol. The summed E-state index contributed by atoms with van der Waals surface area (Å²) in [6, 6.07) is 54.2. The van der Waals surface area contributed by atoms with E-state index < -0.39 is 0 Å². The molecule has 5 aromatic rings. The van der Waals surface area contributed by atoms with Gasteiger partial charge in [-0.05, 0) is 55.8 Å². The molecule has 0 nitrogen and oxygen atoms in total. The van der Waals surface area contributed by atoms with Crippen LogP contribution in [0.1, 0.15) is 26.2 Å². The molecule has 0 aliphatic heterocycles. The minimum absolute atomic E-state index is 0. The molecule has 0 radical (unpaired) electrons. The molecule has 0 bridgehead atoms. The van der Waals surface area contributed by atoms with Gasteiger partial charge in [0.1, 0.15) is 0 Å². The van der Waals surface area contributed by atoms with Gasteiger partial charge in [0, 0.05) is 6.42 Å². The molecule has 0 saturated carbocycles. The average Bonchev–Trinajstić information content (AvgIpc) is 3.06. The smallest absolute Gasteiger partial charge is 0.725 e. The number of benzene rings is 5. The minimum Gasteiger partial charge on any atom is -0.725 e. The van der Waals surface area contributed by atoms with Crippen LogP contribution >= 0.6 is 27.4 Å². The maximum Gasteiger partial charge on any atom is 2.00 e. The van der Waals surface area contributed by atoms with Crippen molar-refractivity contribution in [3.05, 3.63) is 157 Å². The molecule has 0 unspecified atom stereocenters. The van der Waals surface area contributed by atoms with Gasteiger partial charge in [-0.1, -0.05) is 140 Å². The first-order valence-corrected chi connectivity index (χ1v) is 18.0. The Labute approximate surface area is 286 Å². The Kier molecular flexibility index (Phi) is 19.8. The van der Waals surface area contributed by atoms with Crippen LogP contribution in [0.3, 0.4) is 0 Å². The van der Waals surface area contributed by atoms with E-state index in [-0.39, 0.29) is 36.3 Å². The van der Waals surface area contributed by atoms with Crippen LogP contribution in [0.25, 0.3) is 0 Å². The van der Waals surface area contributed by atoms with Gasteiger partial charge in [-0.25, -0.2) is 5.25 Å². The van der Waals surface area contributed by atoms with Gasteiger partial charge in [0.2, 0.25) is 0 Å². The zero-order valence-electron chi connectivity index (χ0n) is 24.4. The Morgan fingerprint density at radius 1 is 0.605 bits per heavy atom. The third-order valence-electron chi connectivity index (χ3n) is 6.22. The van der Waals surface area contributed by atoms with Gasteiger partial charge in [-0.3, -0.25) is 0 Å². The first-order chi connectivity index (χ1) is 20.7. The van der Waals surface area contributed by atoms with Crippen LogP contribution in [0, 0.1) is 17.2 Å². The first-order valence-electron chi connectivity index (χ1n) is 14.2. The van der Waals surface area contributed by atoms with Crippen molar-refractivity contribution >= 4 is 61.3 Å². The predicted octanol–water partition coefficient (Wildman–Crippen LogP) is 9.07. The van der Waals surface area contributed by atoms with Crippen molar-refractivity contribution in [2.75, 3.05) is 12.3 Å². The van der Waals surface area contributed by atoms with E-state index in [1.165, 1.54) is 46.4 Å². The summed E-state index contributed by atoms with van der Waals surface area (Å²) in [5.41, 5.74) is 0. The molecule has 5 rings (SSSR count). The topological polar surface area (TPSA) is 0 Å². The van der Waals surface area contributed by atoms with Gasteiger partial charge in [0.05, 0.1) is 0 Å². The van der Waals surface area contributed by atoms with Crippen LogP contribution in [0.5, 0.6) is 0 Å². The van der Waals surface area contributed by atoms with E-state index in [4.69, 9.17) is 11.6 Å². The van der Waals surface area contributed by atoms with Crippen LogP contribution < -0.4 is 21.2 Å². The third kappa shape index (κ3) is 14.3. The molecule has 0 atom stereocenters. The monoisotopic (exact) mass is 728 g/mol. The van der Waals surface area contributed by atoms with Crippen molar-refractivity contribution in [2.24, 2.45) is 0 Å². The molecule has 0 N–H and O–H groups in total. The van der Waals surface area contributed by atoms with E-state index in [2.05, 4.69) is 158 Å². The Bertz CT molecular complexity index is 1270. The summed E-state index contributed by atoms with van der Waals surface area (Å²) in [5, 5.41) is 9.09. The van der Waals surface area contributed by atoms with Crippen molar-refractivity contribution < 1.29 is 20.4 Å². The summed E-state index contributed by atoms with van der Waals surface area (Å²) in [5.74, 6) is 2.81. The Hall–Kier alpha value is -2.31. The maximum absolute atomic E-state index is 5.52. The van der Waals surface area contributed by atoms with Crippen molar-refractivity contribution in [3.8, 4) is 11.2 Å². The number of hydrogen-bond donors (Lipinski definition) is 0. The van der Waals surface area contributed by atoms with E-state index in [1.54, 1.807) is 24.3 Å². The first kappa shape index (κ1) is 36.9. The van der Waals surface area contributed by atoms with Gasteiger partial charge in [-0.2, -0.15) is 30.3 Å². The van der Waals surface area contributed by atoms with E-state index >= 15 is 0 Å². The molecule has 222 valence electrons. The van der Waals surface area contributed by atoms with E-state index in [0.29, 0.717) is 0 Å². The van der Waals surface area contributed by atoms with Crippen molar-refractivity contribution in [1.29, 1.82) is 0 Å². The second kappa shape index (κ2) is 23.1. The Balaban J connectivity index is 0.000000356. The maximum atomic E-state index is 5.52. The minimum atomic E-state index is -0.348. The molecule has 0 amide bonds. The molecule has 0 aromatic heterocycles. The van der Waals surface area contributed by atoms with Crippen LogP contribution in [0.15, 0.2) is 146 Å². The summed E-state index contributed by atoms with van der Waals surface area (Å²) in [4.78, 5) is 0. The van der Waals surface area contributed by atoms with E-state index in [0.717, 1.165) is 11.4 Å². The van der Waals surface area contributed by atoms with Gasteiger partial charge in [0.15, 0.2) is 0 Å². The number of hydrogen-bond acceptors (Lipinski definition) is 1. The van der Waals surface area contributed by atoms with E-state index in [9.17, 15) is 0 Å².